The van der Waals surface area contributed by atoms with Gasteiger partial charge in [-0.2, -0.15) is 16.8 Å². The smallest absolute Gasteiger partial charge is 0.268 e. The number of rotatable bonds is 9. The van der Waals surface area contributed by atoms with Crippen molar-refractivity contribution in [2.24, 2.45) is 0 Å². The van der Waals surface area contributed by atoms with E-state index in [0.717, 1.165) is 6.26 Å². The Hall–Kier alpha value is -0.620. The largest absolute Gasteiger partial charge is 0.270 e. The molecule has 0 aliphatic carbocycles. The average molecular weight is 284 g/mol. The summed E-state index contributed by atoms with van der Waals surface area (Å²) >= 11 is 0. The Morgan fingerprint density at radius 1 is 1.06 bits per heavy atom. The molecule has 0 saturated heterocycles. The molecule has 0 radical (unpaired) electrons. The molecule has 6 nitrogen and oxygen atoms in total. The van der Waals surface area contributed by atoms with Crippen molar-refractivity contribution < 1.29 is 25.2 Å². The van der Waals surface area contributed by atoms with Crippen molar-refractivity contribution in [2.75, 3.05) is 25.2 Å². The molecule has 17 heavy (non-hydrogen) atoms. The van der Waals surface area contributed by atoms with Gasteiger partial charge in [-0.1, -0.05) is 12.3 Å². The van der Waals surface area contributed by atoms with Crippen LogP contribution in [0, 0.1) is 12.3 Å². The van der Waals surface area contributed by atoms with E-state index in [0.29, 0.717) is 19.3 Å². The van der Waals surface area contributed by atoms with E-state index in [4.69, 9.17) is 6.42 Å². The predicted octanol–water partition coefficient (Wildman–Crippen LogP) is 0.113. The van der Waals surface area contributed by atoms with Gasteiger partial charge >= 0.3 is 0 Å². The van der Waals surface area contributed by atoms with E-state index in [1.165, 1.54) is 0 Å². The molecule has 0 aliphatic rings. The highest BCUT2D eigenvalue weighted by atomic mass is 32.2. The molecule has 0 saturated carbocycles. The number of unbranched alkanes of at least 4 members (excludes halogenated alkanes) is 2. The summed E-state index contributed by atoms with van der Waals surface area (Å²) in [4.78, 5) is 0. The maximum Gasteiger partial charge on any atom is 0.268 e. The van der Waals surface area contributed by atoms with E-state index in [1.807, 2.05) is 0 Å². The molecular weight excluding hydrogens is 268 g/mol. The van der Waals surface area contributed by atoms with E-state index in [-0.39, 0.29) is 19.0 Å². The molecule has 0 N–H and O–H groups in total. The van der Waals surface area contributed by atoms with Gasteiger partial charge in [-0.25, -0.2) is 0 Å². The van der Waals surface area contributed by atoms with Crippen molar-refractivity contribution in [3.05, 3.63) is 0 Å². The van der Waals surface area contributed by atoms with Crippen molar-refractivity contribution in [2.45, 2.75) is 19.3 Å². The second-order valence-corrected chi connectivity index (χ2v) is 6.72. The molecule has 0 aliphatic heterocycles. The summed E-state index contributed by atoms with van der Waals surface area (Å²) in [6.07, 6.45) is 7.20. The van der Waals surface area contributed by atoms with Crippen LogP contribution in [0.1, 0.15) is 19.3 Å². The van der Waals surface area contributed by atoms with Crippen LogP contribution in [0.4, 0.5) is 0 Å². The molecule has 0 unspecified atom stereocenters. The first-order valence-corrected chi connectivity index (χ1v) is 8.31. The zero-order chi connectivity index (χ0) is 13.4. The lowest BCUT2D eigenvalue weighted by atomic mass is 10.3. The second kappa shape index (κ2) is 7.66. The molecular formula is C9H16O6S2. The van der Waals surface area contributed by atoms with Gasteiger partial charge in [0.25, 0.3) is 20.2 Å². The Morgan fingerprint density at radius 2 is 1.71 bits per heavy atom. The standard InChI is InChI=1S/C9H16O6S2/c1-3-7-15-17(12,13)9-6-4-5-8-14-16(2,10)11/h1H,4-9H2,2H3. The Bertz CT molecular complexity index is 442. The molecule has 100 valence electrons. The van der Waals surface area contributed by atoms with Crippen LogP contribution in [0.3, 0.4) is 0 Å². The molecule has 8 heteroatoms. The van der Waals surface area contributed by atoms with Crippen LogP contribution in [-0.4, -0.2) is 42.1 Å². The van der Waals surface area contributed by atoms with Crippen LogP contribution in [0.15, 0.2) is 0 Å². The summed E-state index contributed by atoms with van der Waals surface area (Å²) < 4.78 is 52.4. The van der Waals surface area contributed by atoms with E-state index in [2.05, 4.69) is 14.3 Å². The first kappa shape index (κ1) is 16.4. The van der Waals surface area contributed by atoms with Gasteiger partial charge in [0, 0.05) is 0 Å². The summed E-state index contributed by atoms with van der Waals surface area (Å²) in [6, 6.07) is 0. The monoisotopic (exact) mass is 284 g/mol. The fraction of sp³-hybridized carbons (Fsp3) is 0.778. The summed E-state index contributed by atoms with van der Waals surface area (Å²) in [7, 11) is -6.98. The third-order valence-electron chi connectivity index (χ3n) is 1.66. The molecule has 0 spiro atoms. The lowest BCUT2D eigenvalue weighted by molar-refractivity contribution is 0.310. The first-order valence-electron chi connectivity index (χ1n) is 4.92. The predicted molar refractivity (Wildman–Crippen MR) is 63.2 cm³/mol. The van der Waals surface area contributed by atoms with E-state index < -0.39 is 20.2 Å². The van der Waals surface area contributed by atoms with Crippen molar-refractivity contribution >= 4 is 20.2 Å². The van der Waals surface area contributed by atoms with Crippen LogP contribution < -0.4 is 0 Å². The minimum atomic E-state index is -3.56. The number of hydrogen-bond donors (Lipinski definition) is 0. The Morgan fingerprint density at radius 3 is 2.24 bits per heavy atom. The summed E-state index contributed by atoms with van der Waals surface area (Å²) in [5.74, 6) is 1.93. The molecule has 0 aromatic heterocycles. The van der Waals surface area contributed by atoms with Crippen molar-refractivity contribution in [1.82, 2.24) is 0 Å². The molecule has 0 amide bonds. The van der Waals surface area contributed by atoms with E-state index >= 15 is 0 Å². The molecule has 0 aromatic rings. The molecule has 0 aromatic carbocycles. The minimum absolute atomic E-state index is 0.0596. The third kappa shape index (κ3) is 11.6. The maximum atomic E-state index is 11.1. The van der Waals surface area contributed by atoms with Gasteiger partial charge in [0.15, 0.2) is 0 Å². The molecule has 0 rings (SSSR count). The van der Waals surface area contributed by atoms with Gasteiger partial charge in [0.1, 0.15) is 6.61 Å². The minimum Gasteiger partial charge on any atom is -0.270 e. The van der Waals surface area contributed by atoms with Crippen LogP contribution in [0.2, 0.25) is 0 Å². The Balaban J connectivity index is 3.62. The number of terminal acetylenes is 1. The average Bonchev–Trinajstić information content (AvgIpc) is 2.19. The van der Waals surface area contributed by atoms with Crippen molar-refractivity contribution in [3.8, 4) is 12.3 Å². The zero-order valence-electron chi connectivity index (χ0n) is 9.59. The van der Waals surface area contributed by atoms with Crippen LogP contribution in [0.25, 0.3) is 0 Å². The first-order chi connectivity index (χ1) is 7.77. The van der Waals surface area contributed by atoms with Gasteiger partial charge in [-0.3, -0.25) is 8.37 Å². The highest BCUT2D eigenvalue weighted by Crippen LogP contribution is 2.03. The molecule has 0 bridgehead atoms. The lowest BCUT2D eigenvalue weighted by Gasteiger charge is -2.03. The SMILES string of the molecule is C#CCOS(=O)(=O)CCCCCOS(C)(=O)=O. The Kier molecular flexibility index (Phi) is 7.38. The molecule has 0 fully saturated rings. The highest BCUT2D eigenvalue weighted by Gasteiger charge is 2.09. The zero-order valence-corrected chi connectivity index (χ0v) is 11.2. The fourth-order valence-corrected chi connectivity index (χ4v) is 2.29. The van der Waals surface area contributed by atoms with Crippen LogP contribution in [0.5, 0.6) is 0 Å². The normalized spacial score (nSPS) is 12.2. The summed E-state index contributed by atoms with van der Waals surface area (Å²) in [6.45, 7) is -0.205. The van der Waals surface area contributed by atoms with Gasteiger partial charge in [-0.15, -0.1) is 6.42 Å². The van der Waals surface area contributed by atoms with E-state index in [9.17, 15) is 16.8 Å². The maximum absolute atomic E-state index is 11.1. The van der Waals surface area contributed by atoms with Crippen LogP contribution >= 0.6 is 0 Å². The highest BCUT2D eigenvalue weighted by molar-refractivity contribution is 7.86. The topological polar surface area (TPSA) is 86.7 Å². The van der Waals surface area contributed by atoms with Gasteiger partial charge < -0.3 is 0 Å². The second-order valence-electron chi connectivity index (χ2n) is 3.31. The summed E-state index contributed by atoms with van der Waals surface area (Å²) in [5.41, 5.74) is 0. The van der Waals surface area contributed by atoms with Gasteiger partial charge in [0.2, 0.25) is 0 Å². The number of hydrogen-bond acceptors (Lipinski definition) is 6. The van der Waals surface area contributed by atoms with E-state index in [1.54, 1.807) is 0 Å². The van der Waals surface area contributed by atoms with Gasteiger partial charge in [-0.05, 0) is 12.8 Å². The Labute approximate surface area is 103 Å². The van der Waals surface area contributed by atoms with Crippen LogP contribution in [-0.2, 0) is 28.6 Å². The summed E-state index contributed by atoms with van der Waals surface area (Å²) in [5, 5.41) is 0. The van der Waals surface area contributed by atoms with Crippen molar-refractivity contribution in [3.63, 3.8) is 0 Å². The third-order valence-corrected chi connectivity index (χ3v) is 3.52. The quantitative estimate of drug-likeness (QED) is 0.339. The molecule has 0 heterocycles. The van der Waals surface area contributed by atoms with Crippen molar-refractivity contribution in [1.29, 1.82) is 0 Å². The van der Waals surface area contributed by atoms with Gasteiger partial charge in [0.05, 0.1) is 18.6 Å². The molecule has 0 atom stereocenters. The fourth-order valence-electron chi connectivity index (χ4n) is 0.951. The lowest BCUT2D eigenvalue weighted by Crippen LogP contribution is -2.11.